The summed E-state index contributed by atoms with van der Waals surface area (Å²) in [7, 11) is -0.673. The van der Waals surface area contributed by atoms with Crippen molar-refractivity contribution in [2.45, 2.75) is 18.9 Å². The van der Waals surface area contributed by atoms with Crippen molar-refractivity contribution in [2.24, 2.45) is 0 Å². The van der Waals surface area contributed by atoms with E-state index >= 15 is 0 Å². The van der Waals surface area contributed by atoms with Crippen molar-refractivity contribution in [3.05, 3.63) is 5.28 Å². The van der Waals surface area contributed by atoms with Crippen LogP contribution in [0.4, 0.5) is 11.9 Å². The number of hydrogen-bond donors (Lipinski definition) is 1. The topological polar surface area (TPSA) is 80.2 Å². The van der Waals surface area contributed by atoms with Gasteiger partial charge in [0.1, 0.15) is 0 Å². The summed E-state index contributed by atoms with van der Waals surface area (Å²) in [5, 5.41) is 3.47. The lowest BCUT2D eigenvalue weighted by atomic mass is 10.2. The minimum atomic E-state index is -0.673. The molecular weight excluding hydrogens is 314 g/mol. The molecule has 0 atom stereocenters. The fourth-order valence-corrected chi connectivity index (χ4v) is 3.88. The summed E-state index contributed by atoms with van der Waals surface area (Å²) >= 11 is 6.00. The standard InChI is InChI=1S/C12H18ClN5O2S/c13-10-15-11(14-9-1-7-21(19)8-2-9)17-12(16-10)18-3-5-20-6-4-18/h9H,1-8H2,(H,14,15,16,17). The molecule has 7 nitrogen and oxygen atoms in total. The molecule has 116 valence electrons. The first-order chi connectivity index (χ1) is 10.2. The fourth-order valence-electron chi connectivity index (χ4n) is 2.43. The molecule has 0 unspecified atom stereocenters. The number of rotatable bonds is 3. The third kappa shape index (κ3) is 4.02. The Bertz CT molecular complexity index is 516. The first-order valence-electron chi connectivity index (χ1n) is 7.06. The molecule has 1 N–H and O–H groups in total. The van der Waals surface area contributed by atoms with Crippen molar-refractivity contribution >= 4 is 34.3 Å². The van der Waals surface area contributed by atoms with Gasteiger partial charge in [0.05, 0.1) is 13.2 Å². The highest BCUT2D eigenvalue weighted by atomic mass is 35.5. The average molecular weight is 332 g/mol. The van der Waals surface area contributed by atoms with Gasteiger partial charge < -0.3 is 15.0 Å². The molecule has 0 radical (unpaired) electrons. The van der Waals surface area contributed by atoms with E-state index in [2.05, 4.69) is 20.3 Å². The number of ether oxygens (including phenoxy) is 1. The van der Waals surface area contributed by atoms with Gasteiger partial charge in [0.15, 0.2) is 0 Å². The van der Waals surface area contributed by atoms with Crippen LogP contribution in [0.15, 0.2) is 0 Å². The van der Waals surface area contributed by atoms with E-state index in [-0.39, 0.29) is 11.3 Å². The van der Waals surface area contributed by atoms with E-state index in [0.29, 0.717) is 25.1 Å². The number of nitrogens with zero attached hydrogens (tertiary/aromatic N) is 4. The zero-order valence-electron chi connectivity index (χ0n) is 11.6. The summed E-state index contributed by atoms with van der Waals surface area (Å²) < 4.78 is 16.7. The second kappa shape index (κ2) is 6.85. The summed E-state index contributed by atoms with van der Waals surface area (Å²) in [5.41, 5.74) is 0. The Morgan fingerprint density at radius 1 is 1.19 bits per heavy atom. The molecule has 0 amide bonds. The zero-order chi connectivity index (χ0) is 14.7. The molecule has 2 aliphatic rings. The second-order valence-corrected chi connectivity index (χ2v) is 7.13. The molecule has 2 aliphatic heterocycles. The maximum Gasteiger partial charge on any atom is 0.231 e. The minimum Gasteiger partial charge on any atom is -0.378 e. The van der Waals surface area contributed by atoms with Crippen LogP contribution in [0.3, 0.4) is 0 Å². The molecule has 0 aromatic carbocycles. The van der Waals surface area contributed by atoms with Crippen LogP contribution in [-0.2, 0) is 15.5 Å². The monoisotopic (exact) mass is 331 g/mol. The quantitative estimate of drug-likeness (QED) is 0.872. The van der Waals surface area contributed by atoms with Crippen molar-refractivity contribution in [3.63, 3.8) is 0 Å². The second-order valence-electron chi connectivity index (χ2n) is 5.09. The van der Waals surface area contributed by atoms with Gasteiger partial charge in [0.2, 0.25) is 17.2 Å². The predicted octanol–water partition coefficient (Wildman–Crippen LogP) is 0.685. The van der Waals surface area contributed by atoms with Crippen LogP contribution in [-0.4, -0.2) is 63.0 Å². The molecule has 21 heavy (non-hydrogen) atoms. The van der Waals surface area contributed by atoms with E-state index < -0.39 is 10.8 Å². The largest absolute Gasteiger partial charge is 0.378 e. The lowest BCUT2D eigenvalue weighted by molar-refractivity contribution is 0.122. The number of aromatic nitrogens is 3. The number of halogens is 1. The maximum absolute atomic E-state index is 11.4. The Morgan fingerprint density at radius 3 is 2.62 bits per heavy atom. The Kier molecular flexibility index (Phi) is 4.87. The van der Waals surface area contributed by atoms with E-state index in [1.54, 1.807) is 0 Å². The molecule has 2 fully saturated rings. The van der Waals surface area contributed by atoms with Crippen molar-refractivity contribution in [1.29, 1.82) is 0 Å². The molecule has 1 aromatic heterocycles. The van der Waals surface area contributed by atoms with Gasteiger partial charge in [-0.25, -0.2) is 0 Å². The van der Waals surface area contributed by atoms with Crippen molar-refractivity contribution in [3.8, 4) is 0 Å². The maximum atomic E-state index is 11.4. The summed E-state index contributed by atoms with van der Waals surface area (Å²) in [5.74, 6) is 2.54. The Morgan fingerprint density at radius 2 is 1.90 bits per heavy atom. The van der Waals surface area contributed by atoms with E-state index in [1.165, 1.54) is 0 Å². The number of hydrogen-bond acceptors (Lipinski definition) is 7. The third-order valence-corrected chi connectivity index (χ3v) is 5.16. The van der Waals surface area contributed by atoms with Crippen LogP contribution in [0.2, 0.25) is 5.28 Å². The molecule has 3 rings (SSSR count). The molecule has 0 saturated carbocycles. The number of nitrogens with one attached hydrogen (secondary N) is 1. The Labute approximate surface area is 130 Å². The smallest absolute Gasteiger partial charge is 0.231 e. The molecule has 1 aromatic rings. The van der Waals surface area contributed by atoms with Gasteiger partial charge in [-0.05, 0) is 24.4 Å². The fraction of sp³-hybridized carbons (Fsp3) is 0.750. The van der Waals surface area contributed by atoms with Gasteiger partial charge in [0.25, 0.3) is 0 Å². The third-order valence-electron chi connectivity index (χ3n) is 3.61. The molecule has 9 heteroatoms. The van der Waals surface area contributed by atoms with E-state index in [0.717, 1.165) is 37.4 Å². The highest BCUT2D eigenvalue weighted by Gasteiger charge is 2.20. The molecule has 0 bridgehead atoms. The van der Waals surface area contributed by atoms with E-state index in [4.69, 9.17) is 16.3 Å². The van der Waals surface area contributed by atoms with Gasteiger partial charge in [-0.3, -0.25) is 4.21 Å². The SMILES string of the molecule is O=S1CCC(Nc2nc(Cl)nc(N3CCOCC3)n2)CC1. The first kappa shape index (κ1) is 14.9. The van der Waals surface area contributed by atoms with E-state index in [9.17, 15) is 4.21 Å². The van der Waals surface area contributed by atoms with Crippen LogP contribution in [0, 0.1) is 0 Å². The summed E-state index contributed by atoms with van der Waals surface area (Å²) in [6.07, 6.45) is 1.73. The Hall–Kier alpha value is -0.990. The minimum absolute atomic E-state index is 0.188. The van der Waals surface area contributed by atoms with Gasteiger partial charge in [-0.2, -0.15) is 15.0 Å². The molecule has 3 heterocycles. The van der Waals surface area contributed by atoms with Crippen LogP contribution in [0.1, 0.15) is 12.8 Å². The Balaban J connectivity index is 1.70. The van der Waals surface area contributed by atoms with Crippen molar-refractivity contribution < 1.29 is 8.95 Å². The summed E-state index contributed by atoms with van der Waals surface area (Å²) in [6, 6.07) is 0.249. The summed E-state index contributed by atoms with van der Waals surface area (Å²) in [4.78, 5) is 14.8. The molecule has 0 spiro atoms. The number of morpholine rings is 1. The summed E-state index contributed by atoms with van der Waals surface area (Å²) in [6.45, 7) is 2.84. The molecular formula is C12H18ClN5O2S. The van der Waals surface area contributed by atoms with Gasteiger partial charge >= 0.3 is 0 Å². The first-order valence-corrected chi connectivity index (χ1v) is 8.93. The van der Waals surface area contributed by atoms with Crippen LogP contribution in [0.25, 0.3) is 0 Å². The lowest BCUT2D eigenvalue weighted by Gasteiger charge is -2.27. The van der Waals surface area contributed by atoms with Gasteiger partial charge in [0, 0.05) is 41.4 Å². The number of anilines is 2. The molecule has 0 aliphatic carbocycles. The van der Waals surface area contributed by atoms with Crippen LogP contribution < -0.4 is 10.2 Å². The lowest BCUT2D eigenvalue weighted by Crippen LogP contribution is -2.37. The van der Waals surface area contributed by atoms with Crippen LogP contribution in [0.5, 0.6) is 0 Å². The normalized spacial score (nSPS) is 26.6. The zero-order valence-corrected chi connectivity index (χ0v) is 13.2. The van der Waals surface area contributed by atoms with Crippen molar-refractivity contribution in [1.82, 2.24) is 15.0 Å². The highest BCUT2D eigenvalue weighted by Crippen LogP contribution is 2.18. The molecule has 2 saturated heterocycles. The highest BCUT2D eigenvalue weighted by molar-refractivity contribution is 7.85. The van der Waals surface area contributed by atoms with Gasteiger partial charge in [-0.1, -0.05) is 0 Å². The predicted molar refractivity (Wildman–Crippen MR) is 82.4 cm³/mol. The van der Waals surface area contributed by atoms with E-state index in [1.807, 2.05) is 4.90 Å². The van der Waals surface area contributed by atoms with Gasteiger partial charge in [-0.15, -0.1) is 0 Å². The van der Waals surface area contributed by atoms with Crippen molar-refractivity contribution in [2.75, 3.05) is 48.0 Å². The van der Waals surface area contributed by atoms with Crippen LogP contribution >= 0.6 is 11.6 Å². The average Bonchev–Trinajstić information content (AvgIpc) is 2.50.